The maximum absolute atomic E-state index is 15.2. The number of fused-ring (bicyclic) bond motifs is 1. The highest BCUT2D eigenvalue weighted by Crippen LogP contribution is 2.31. The molecule has 35 heavy (non-hydrogen) atoms. The fourth-order valence-electron chi connectivity index (χ4n) is 4.34. The second kappa shape index (κ2) is 9.85. The molecule has 2 aromatic heterocycles. The van der Waals surface area contributed by atoms with Gasteiger partial charge in [0.2, 0.25) is 0 Å². The molecule has 0 bridgehead atoms. The number of hydrogen-bond donors (Lipinski definition) is 2. The molecule has 10 heteroatoms. The number of amidine groups is 1. The SMILES string of the molecule is Cc1cc(N=C2/C=C(/N3CCSCC3)CCC(C)C(Oc3cc(F)c4[nH]c(C)cc4c3F)=N2)n[nH]1. The Morgan fingerprint density at radius 3 is 2.69 bits per heavy atom. The first kappa shape index (κ1) is 23.6. The van der Waals surface area contributed by atoms with Crippen LogP contribution in [-0.4, -0.2) is 56.4 Å². The summed E-state index contributed by atoms with van der Waals surface area (Å²) in [6.07, 6.45) is 3.53. The maximum atomic E-state index is 15.2. The van der Waals surface area contributed by atoms with E-state index in [0.29, 0.717) is 23.2 Å². The predicted octanol–water partition coefficient (Wildman–Crippen LogP) is 5.66. The summed E-state index contributed by atoms with van der Waals surface area (Å²) in [6.45, 7) is 7.60. The van der Waals surface area contributed by atoms with E-state index in [0.717, 1.165) is 49.2 Å². The van der Waals surface area contributed by atoms with Crippen molar-refractivity contribution in [1.82, 2.24) is 20.1 Å². The number of ether oxygens (including phenoxy) is 1. The standard InChI is InChI=1S/C25H28F2N6OS/c1-14-4-5-17(33-6-8-35-9-7-33)12-21(29-22-11-16(3)31-32-22)30-25(14)34-20-13-19(26)24-18(23(20)27)10-15(2)28-24/h10-14,28H,4-9H2,1-3H3,(H,31,32)/b17-12+,29-21?,30-25?. The lowest BCUT2D eigenvalue weighted by Gasteiger charge is -2.32. The molecule has 2 aliphatic heterocycles. The van der Waals surface area contributed by atoms with Crippen LogP contribution in [0.3, 0.4) is 0 Å². The predicted molar refractivity (Wildman–Crippen MR) is 137 cm³/mol. The summed E-state index contributed by atoms with van der Waals surface area (Å²) in [5, 5.41) is 7.25. The summed E-state index contributed by atoms with van der Waals surface area (Å²) < 4.78 is 35.9. The lowest BCUT2D eigenvalue weighted by atomic mass is 10.0. The summed E-state index contributed by atoms with van der Waals surface area (Å²) in [4.78, 5) is 14.6. The molecule has 0 amide bonds. The Bertz CT molecular complexity index is 1340. The van der Waals surface area contributed by atoms with Crippen LogP contribution in [0.1, 0.15) is 31.2 Å². The highest BCUT2D eigenvalue weighted by atomic mass is 32.2. The Labute approximate surface area is 206 Å². The van der Waals surface area contributed by atoms with Crippen molar-refractivity contribution in [3.8, 4) is 5.75 Å². The molecule has 3 aromatic rings. The maximum Gasteiger partial charge on any atom is 0.199 e. The first-order valence-electron chi connectivity index (χ1n) is 11.7. The summed E-state index contributed by atoms with van der Waals surface area (Å²) in [7, 11) is 0. The molecule has 7 nitrogen and oxygen atoms in total. The van der Waals surface area contributed by atoms with E-state index in [1.807, 2.05) is 37.8 Å². The molecule has 4 heterocycles. The number of nitrogens with one attached hydrogen (secondary N) is 2. The number of aromatic amines is 2. The van der Waals surface area contributed by atoms with Gasteiger partial charge in [-0.05, 0) is 32.8 Å². The second-order valence-electron chi connectivity index (χ2n) is 9.02. The van der Waals surface area contributed by atoms with Gasteiger partial charge in [-0.3, -0.25) is 5.10 Å². The van der Waals surface area contributed by atoms with Gasteiger partial charge in [0.25, 0.3) is 0 Å². The number of aryl methyl sites for hydroxylation is 2. The number of H-pyrrole nitrogens is 2. The number of benzene rings is 1. The van der Waals surface area contributed by atoms with E-state index in [9.17, 15) is 4.39 Å². The highest BCUT2D eigenvalue weighted by molar-refractivity contribution is 7.99. The fourth-order valence-corrected chi connectivity index (χ4v) is 5.25. The third-order valence-corrected chi connectivity index (χ3v) is 7.17. The molecule has 1 unspecified atom stereocenters. The van der Waals surface area contributed by atoms with Crippen molar-refractivity contribution in [3.63, 3.8) is 0 Å². The van der Waals surface area contributed by atoms with E-state index < -0.39 is 11.6 Å². The van der Waals surface area contributed by atoms with Gasteiger partial charge in [-0.1, -0.05) is 6.92 Å². The van der Waals surface area contributed by atoms with Crippen molar-refractivity contribution < 1.29 is 13.5 Å². The number of hydrogen-bond acceptors (Lipinski definition) is 5. The second-order valence-corrected chi connectivity index (χ2v) is 10.2. The molecule has 5 rings (SSSR count). The molecule has 2 aliphatic rings. The zero-order valence-corrected chi connectivity index (χ0v) is 20.8. The van der Waals surface area contributed by atoms with Crippen molar-refractivity contribution in [2.24, 2.45) is 15.9 Å². The lowest BCUT2D eigenvalue weighted by molar-refractivity contribution is 0.356. The van der Waals surface area contributed by atoms with Crippen LogP contribution in [0, 0.1) is 31.4 Å². The number of halogens is 2. The molecule has 1 atom stereocenters. The minimum absolute atomic E-state index is 0.128. The van der Waals surface area contributed by atoms with E-state index in [-0.39, 0.29) is 22.6 Å². The molecule has 2 N–H and O–H groups in total. The average Bonchev–Trinajstić information content (AvgIpc) is 3.44. The van der Waals surface area contributed by atoms with Gasteiger partial charge in [0, 0.05) is 71.2 Å². The minimum atomic E-state index is -0.619. The monoisotopic (exact) mass is 498 g/mol. The van der Waals surface area contributed by atoms with Gasteiger partial charge in [0.1, 0.15) is 0 Å². The van der Waals surface area contributed by atoms with Crippen molar-refractivity contribution >= 4 is 40.2 Å². The smallest absolute Gasteiger partial charge is 0.199 e. The van der Waals surface area contributed by atoms with Gasteiger partial charge in [0.05, 0.1) is 5.52 Å². The number of allylic oxidation sites excluding steroid dienone is 1. The molecular formula is C25H28F2N6OS. The summed E-state index contributed by atoms with van der Waals surface area (Å²) in [6, 6.07) is 4.47. The Morgan fingerprint density at radius 1 is 1.14 bits per heavy atom. The normalized spacial score (nSPS) is 22.0. The van der Waals surface area contributed by atoms with E-state index >= 15 is 4.39 Å². The first-order chi connectivity index (χ1) is 16.9. The summed E-state index contributed by atoms with van der Waals surface area (Å²) in [5.74, 6) is 1.88. The van der Waals surface area contributed by atoms with E-state index in [4.69, 9.17) is 9.73 Å². The fraction of sp³-hybridized carbons (Fsp3) is 0.400. The number of thioether (sulfide) groups is 1. The quantitative estimate of drug-likeness (QED) is 0.489. The van der Waals surface area contributed by atoms with Crippen LogP contribution in [0.2, 0.25) is 0 Å². The van der Waals surface area contributed by atoms with Crippen LogP contribution in [0.5, 0.6) is 5.75 Å². The Morgan fingerprint density at radius 2 is 1.94 bits per heavy atom. The molecule has 1 aromatic carbocycles. The van der Waals surface area contributed by atoms with Gasteiger partial charge < -0.3 is 14.6 Å². The number of nitrogens with zero attached hydrogens (tertiary/aromatic N) is 4. The molecule has 1 fully saturated rings. The Hall–Kier alpha value is -3.14. The van der Waals surface area contributed by atoms with Crippen LogP contribution < -0.4 is 4.74 Å². The van der Waals surface area contributed by atoms with Crippen molar-refractivity contribution in [1.29, 1.82) is 0 Å². The molecule has 0 saturated carbocycles. The molecule has 184 valence electrons. The van der Waals surface area contributed by atoms with E-state index in [2.05, 4.69) is 25.1 Å². The van der Waals surface area contributed by atoms with E-state index in [1.54, 1.807) is 13.0 Å². The molecule has 0 spiro atoms. The molecule has 0 radical (unpaired) electrons. The summed E-state index contributed by atoms with van der Waals surface area (Å²) >= 11 is 1.96. The average molecular weight is 499 g/mol. The number of rotatable bonds is 3. The largest absolute Gasteiger partial charge is 0.439 e. The van der Waals surface area contributed by atoms with Crippen molar-refractivity contribution in [3.05, 3.63) is 53.0 Å². The number of aromatic nitrogens is 3. The van der Waals surface area contributed by atoms with Gasteiger partial charge in [-0.25, -0.2) is 13.8 Å². The number of aliphatic imine (C=N–C) groups is 2. The van der Waals surface area contributed by atoms with Crippen LogP contribution in [0.25, 0.3) is 10.9 Å². The summed E-state index contributed by atoms with van der Waals surface area (Å²) in [5.41, 5.74) is 2.86. The van der Waals surface area contributed by atoms with Crippen molar-refractivity contribution in [2.45, 2.75) is 33.6 Å². The molecular weight excluding hydrogens is 470 g/mol. The van der Waals surface area contributed by atoms with Gasteiger partial charge in [-0.2, -0.15) is 21.9 Å². The van der Waals surface area contributed by atoms with Gasteiger partial charge in [-0.15, -0.1) is 0 Å². The minimum Gasteiger partial charge on any atom is -0.439 e. The Kier molecular flexibility index (Phi) is 6.64. The lowest BCUT2D eigenvalue weighted by Crippen LogP contribution is -2.33. The van der Waals surface area contributed by atoms with Crippen LogP contribution in [0.15, 0.2) is 40.0 Å². The zero-order chi connectivity index (χ0) is 24.5. The molecule has 1 saturated heterocycles. The van der Waals surface area contributed by atoms with E-state index in [1.165, 1.54) is 5.70 Å². The highest BCUT2D eigenvalue weighted by Gasteiger charge is 2.24. The first-order valence-corrected chi connectivity index (χ1v) is 12.9. The topological polar surface area (TPSA) is 81.7 Å². The zero-order valence-electron chi connectivity index (χ0n) is 20.0. The van der Waals surface area contributed by atoms with Crippen LogP contribution >= 0.6 is 11.8 Å². The van der Waals surface area contributed by atoms with Crippen LogP contribution in [-0.2, 0) is 0 Å². The van der Waals surface area contributed by atoms with Crippen LogP contribution in [0.4, 0.5) is 14.6 Å². The molecule has 0 aliphatic carbocycles. The third-order valence-electron chi connectivity index (χ3n) is 6.23. The van der Waals surface area contributed by atoms with Crippen molar-refractivity contribution in [2.75, 3.05) is 24.6 Å². The third kappa shape index (κ3) is 5.12. The van der Waals surface area contributed by atoms with Gasteiger partial charge >= 0.3 is 0 Å². The Balaban J connectivity index is 1.55. The van der Waals surface area contributed by atoms with Gasteiger partial charge in [0.15, 0.2) is 34.9 Å².